The second kappa shape index (κ2) is 9.61. The van der Waals surface area contributed by atoms with Crippen molar-refractivity contribution in [2.45, 2.75) is 19.5 Å². The zero-order chi connectivity index (χ0) is 19.9. The quantitative estimate of drug-likeness (QED) is 0.510. The van der Waals surface area contributed by atoms with Gasteiger partial charge in [-0.1, -0.05) is 12.1 Å². The van der Waals surface area contributed by atoms with Crippen molar-refractivity contribution in [1.82, 2.24) is 4.90 Å². The van der Waals surface area contributed by atoms with Gasteiger partial charge in [-0.2, -0.15) is 0 Å². The number of hydrogen-bond donors (Lipinski definition) is 0. The first-order valence-corrected chi connectivity index (χ1v) is 10.5. The summed E-state index contributed by atoms with van der Waals surface area (Å²) in [6.07, 6.45) is 0.257. The molecule has 0 saturated carbocycles. The van der Waals surface area contributed by atoms with E-state index in [1.807, 2.05) is 39.9 Å². The van der Waals surface area contributed by atoms with Crippen LogP contribution in [0.2, 0.25) is 0 Å². The first-order chi connectivity index (χ1) is 13.6. The summed E-state index contributed by atoms with van der Waals surface area (Å²) in [6.45, 7) is 1.19. The second-order valence-corrected chi connectivity index (χ2v) is 8.18. The largest absolute Gasteiger partial charge is 0.493 e. The van der Waals surface area contributed by atoms with Gasteiger partial charge in [-0.05, 0) is 40.6 Å². The van der Waals surface area contributed by atoms with Crippen LogP contribution in [-0.4, -0.2) is 32.1 Å². The summed E-state index contributed by atoms with van der Waals surface area (Å²) in [6, 6.07) is 11.8. The molecular weight excluding hydrogens is 394 g/mol. The Morgan fingerprint density at radius 1 is 0.893 bits per heavy atom. The third kappa shape index (κ3) is 4.85. The molecule has 0 bridgehead atoms. The van der Waals surface area contributed by atoms with Gasteiger partial charge in [-0.25, -0.2) is 0 Å². The number of amides is 1. The van der Waals surface area contributed by atoms with Gasteiger partial charge in [0.05, 0.1) is 40.8 Å². The average molecular weight is 418 g/mol. The Labute approximate surface area is 173 Å². The van der Waals surface area contributed by atoms with Crippen LogP contribution in [0.1, 0.15) is 15.3 Å². The highest BCUT2D eigenvalue weighted by atomic mass is 32.1. The minimum atomic E-state index is 0.0519. The number of rotatable bonds is 9. The maximum Gasteiger partial charge on any atom is 0.227 e. The van der Waals surface area contributed by atoms with E-state index in [-0.39, 0.29) is 12.3 Å². The molecule has 0 unspecified atom stereocenters. The summed E-state index contributed by atoms with van der Waals surface area (Å²) < 4.78 is 16.2. The van der Waals surface area contributed by atoms with Crippen LogP contribution in [0, 0.1) is 0 Å². The van der Waals surface area contributed by atoms with Crippen LogP contribution in [0.5, 0.6) is 17.2 Å². The van der Waals surface area contributed by atoms with Gasteiger partial charge in [-0.3, -0.25) is 4.79 Å². The minimum absolute atomic E-state index is 0.0519. The van der Waals surface area contributed by atoms with Crippen molar-refractivity contribution in [2.75, 3.05) is 21.3 Å². The molecule has 0 saturated heterocycles. The standard InChI is InChI=1S/C21H23NO4S2/c1-24-18-10-15(11-19(25-2)21(18)26-3)12-20(23)22(13-16-6-4-8-27-16)14-17-7-5-9-28-17/h4-11H,12-14H2,1-3H3. The molecule has 2 aromatic heterocycles. The van der Waals surface area contributed by atoms with Crippen molar-refractivity contribution in [3.05, 3.63) is 62.5 Å². The van der Waals surface area contributed by atoms with Crippen LogP contribution in [-0.2, 0) is 24.3 Å². The molecule has 0 spiro atoms. The zero-order valence-electron chi connectivity index (χ0n) is 16.1. The molecule has 0 aliphatic rings. The molecule has 3 rings (SSSR count). The van der Waals surface area contributed by atoms with E-state index in [2.05, 4.69) is 12.1 Å². The fourth-order valence-electron chi connectivity index (χ4n) is 2.94. The number of carbonyl (C=O) groups is 1. The smallest absolute Gasteiger partial charge is 0.227 e. The maximum absolute atomic E-state index is 13.1. The van der Waals surface area contributed by atoms with Crippen molar-refractivity contribution >= 4 is 28.6 Å². The predicted molar refractivity (Wildman–Crippen MR) is 113 cm³/mol. The predicted octanol–water partition coefficient (Wildman–Crippen LogP) is 4.61. The summed E-state index contributed by atoms with van der Waals surface area (Å²) in [5.74, 6) is 1.67. The SMILES string of the molecule is COc1cc(CC(=O)N(Cc2cccs2)Cc2cccs2)cc(OC)c1OC. The molecule has 0 fully saturated rings. The molecule has 0 atom stereocenters. The molecule has 0 radical (unpaired) electrons. The van der Waals surface area contributed by atoms with Crippen LogP contribution in [0.4, 0.5) is 0 Å². The zero-order valence-corrected chi connectivity index (χ0v) is 17.8. The lowest BCUT2D eigenvalue weighted by atomic mass is 10.1. The van der Waals surface area contributed by atoms with Gasteiger partial charge < -0.3 is 19.1 Å². The van der Waals surface area contributed by atoms with E-state index in [0.29, 0.717) is 30.3 Å². The summed E-state index contributed by atoms with van der Waals surface area (Å²) in [5.41, 5.74) is 0.821. The number of methoxy groups -OCH3 is 3. The van der Waals surface area contributed by atoms with Gasteiger partial charge in [0.25, 0.3) is 0 Å². The van der Waals surface area contributed by atoms with E-state index in [9.17, 15) is 4.79 Å². The van der Waals surface area contributed by atoms with Gasteiger partial charge in [0.2, 0.25) is 11.7 Å². The molecule has 148 valence electrons. The van der Waals surface area contributed by atoms with Gasteiger partial charge in [0.15, 0.2) is 11.5 Å². The fraction of sp³-hybridized carbons (Fsp3) is 0.286. The monoisotopic (exact) mass is 417 g/mol. The lowest BCUT2D eigenvalue weighted by Crippen LogP contribution is -2.30. The molecule has 0 N–H and O–H groups in total. The van der Waals surface area contributed by atoms with E-state index < -0.39 is 0 Å². The van der Waals surface area contributed by atoms with Crippen LogP contribution >= 0.6 is 22.7 Å². The molecule has 7 heteroatoms. The first-order valence-electron chi connectivity index (χ1n) is 8.76. The molecule has 2 heterocycles. The van der Waals surface area contributed by atoms with Crippen molar-refractivity contribution in [1.29, 1.82) is 0 Å². The molecular formula is C21H23NO4S2. The molecule has 1 amide bonds. The number of carbonyl (C=O) groups excluding carboxylic acids is 1. The van der Waals surface area contributed by atoms with E-state index in [4.69, 9.17) is 14.2 Å². The highest BCUT2D eigenvalue weighted by Gasteiger charge is 2.19. The van der Waals surface area contributed by atoms with Crippen molar-refractivity contribution in [2.24, 2.45) is 0 Å². The topological polar surface area (TPSA) is 48.0 Å². The third-order valence-corrected chi connectivity index (χ3v) is 6.01. The van der Waals surface area contributed by atoms with E-state index in [1.165, 1.54) is 0 Å². The number of ether oxygens (including phenoxy) is 3. The number of hydrogen-bond acceptors (Lipinski definition) is 6. The molecule has 0 aliphatic heterocycles. The summed E-state index contributed by atoms with van der Waals surface area (Å²) in [4.78, 5) is 17.4. The Balaban J connectivity index is 1.82. The highest BCUT2D eigenvalue weighted by Crippen LogP contribution is 2.38. The lowest BCUT2D eigenvalue weighted by molar-refractivity contribution is -0.131. The number of nitrogens with zero attached hydrogens (tertiary/aromatic N) is 1. The van der Waals surface area contributed by atoms with Crippen molar-refractivity contribution < 1.29 is 19.0 Å². The van der Waals surface area contributed by atoms with Crippen molar-refractivity contribution in [3.8, 4) is 17.2 Å². The summed E-state index contributed by atoms with van der Waals surface area (Å²) >= 11 is 3.32. The maximum atomic E-state index is 13.1. The van der Waals surface area contributed by atoms with Crippen LogP contribution in [0.25, 0.3) is 0 Å². The Hall–Kier alpha value is -2.51. The Bertz CT molecular complexity index is 830. The van der Waals surface area contributed by atoms with Gasteiger partial charge in [0.1, 0.15) is 0 Å². The number of benzene rings is 1. The van der Waals surface area contributed by atoms with E-state index in [0.717, 1.165) is 15.3 Å². The lowest BCUT2D eigenvalue weighted by Gasteiger charge is -2.22. The normalized spacial score (nSPS) is 10.5. The summed E-state index contributed by atoms with van der Waals surface area (Å²) in [7, 11) is 4.71. The van der Waals surface area contributed by atoms with E-state index in [1.54, 1.807) is 44.0 Å². The Morgan fingerprint density at radius 3 is 1.82 bits per heavy atom. The Morgan fingerprint density at radius 2 is 1.43 bits per heavy atom. The third-order valence-electron chi connectivity index (χ3n) is 4.29. The van der Waals surface area contributed by atoms with Crippen LogP contribution in [0.15, 0.2) is 47.2 Å². The molecule has 5 nitrogen and oxygen atoms in total. The number of thiophene rings is 2. The van der Waals surface area contributed by atoms with Gasteiger partial charge >= 0.3 is 0 Å². The molecule has 3 aromatic rings. The van der Waals surface area contributed by atoms with Crippen LogP contribution in [0.3, 0.4) is 0 Å². The van der Waals surface area contributed by atoms with Crippen LogP contribution < -0.4 is 14.2 Å². The Kier molecular flexibility index (Phi) is 6.95. The highest BCUT2D eigenvalue weighted by molar-refractivity contribution is 7.10. The minimum Gasteiger partial charge on any atom is -0.493 e. The molecule has 0 aliphatic carbocycles. The van der Waals surface area contributed by atoms with E-state index >= 15 is 0 Å². The van der Waals surface area contributed by atoms with Gasteiger partial charge in [0, 0.05) is 9.75 Å². The summed E-state index contributed by atoms with van der Waals surface area (Å²) in [5, 5.41) is 4.06. The first kappa shape index (κ1) is 20.2. The van der Waals surface area contributed by atoms with Crippen molar-refractivity contribution in [3.63, 3.8) is 0 Å². The average Bonchev–Trinajstić information content (AvgIpc) is 3.40. The molecule has 28 heavy (non-hydrogen) atoms. The van der Waals surface area contributed by atoms with Gasteiger partial charge in [-0.15, -0.1) is 22.7 Å². The molecule has 1 aromatic carbocycles. The fourth-order valence-corrected chi connectivity index (χ4v) is 4.38. The second-order valence-electron chi connectivity index (χ2n) is 6.12.